The number of benzene rings is 1. The molecule has 0 aliphatic heterocycles. The smallest absolute Gasteiger partial charge is 0.246 e. The third-order valence-corrected chi connectivity index (χ3v) is 4.11. The van der Waals surface area contributed by atoms with E-state index in [1.807, 2.05) is 4.90 Å². The predicted octanol–water partition coefficient (Wildman–Crippen LogP) is 3.50. The summed E-state index contributed by atoms with van der Waals surface area (Å²) < 4.78 is 24.8. The van der Waals surface area contributed by atoms with Crippen LogP contribution in [-0.4, -0.2) is 38.6 Å². The van der Waals surface area contributed by atoms with E-state index in [0.29, 0.717) is 5.69 Å². The van der Waals surface area contributed by atoms with Gasteiger partial charge < -0.3 is 4.90 Å². The molecule has 0 radical (unpaired) electrons. The summed E-state index contributed by atoms with van der Waals surface area (Å²) >= 11 is 0. The molecule has 0 aliphatic rings. The fourth-order valence-corrected chi connectivity index (χ4v) is 2.74. The number of nitrogens with zero attached hydrogens (tertiary/aromatic N) is 1. The summed E-state index contributed by atoms with van der Waals surface area (Å²) in [6.07, 6.45) is 8.61. The summed E-state index contributed by atoms with van der Waals surface area (Å²) in [5.41, 5.74) is 1.36. The number of sulfonamides is 1. The zero-order valence-electron chi connectivity index (χ0n) is 14.8. The van der Waals surface area contributed by atoms with E-state index >= 15 is 0 Å². The van der Waals surface area contributed by atoms with Crippen LogP contribution in [0.25, 0.3) is 6.08 Å². The number of amides is 1. The Balaban J connectivity index is 2.69. The Kier molecular flexibility index (Phi) is 8.54. The van der Waals surface area contributed by atoms with Gasteiger partial charge in [0.05, 0.1) is 6.26 Å². The molecule has 5 nitrogen and oxygen atoms in total. The molecule has 0 aromatic heterocycles. The molecule has 0 saturated heterocycles. The first-order valence-electron chi connectivity index (χ1n) is 8.40. The van der Waals surface area contributed by atoms with Crippen LogP contribution in [0.2, 0.25) is 0 Å². The highest BCUT2D eigenvalue weighted by atomic mass is 32.2. The van der Waals surface area contributed by atoms with Gasteiger partial charge in [-0.3, -0.25) is 9.52 Å². The van der Waals surface area contributed by atoms with Crippen LogP contribution >= 0.6 is 0 Å². The summed E-state index contributed by atoms with van der Waals surface area (Å²) in [5.74, 6) is 0.0234. The van der Waals surface area contributed by atoms with Crippen molar-refractivity contribution in [1.29, 1.82) is 0 Å². The van der Waals surface area contributed by atoms with E-state index in [1.165, 1.54) is 0 Å². The van der Waals surface area contributed by atoms with Gasteiger partial charge in [0, 0.05) is 24.9 Å². The first-order chi connectivity index (χ1) is 11.4. The predicted molar refractivity (Wildman–Crippen MR) is 100 cm³/mol. The van der Waals surface area contributed by atoms with Crippen molar-refractivity contribution in [2.24, 2.45) is 0 Å². The third-order valence-electron chi connectivity index (χ3n) is 3.51. The molecular formula is C18H28N2O3S. The van der Waals surface area contributed by atoms with Crippen molar-refractivity contribution >= 4 is 27.7 Å². The van der Waals surface area contributed by atoms with Gasteiger partial charge in [0.2, 0.25) is 15.9 Å². The van der Waals surface area contributed by atoms with Crippen LogP contribution in [0, 0.1) is 0 Å². The molecule has 24 heavy (non-hydrogen) atoms. The molecule has 0 heterocycles. The van der Waals surface area contributed by atoms with Gasteiger partial charge in [0.15, 0.2) is 0 Å². The van der Waals surface area contributed by atoms with E-state index in [-0.39, 0.29) is 5.91 Å². The quantitative estimate of drug-likeness (QED) is 0.655. The molecule has 0 aliphatic carbocycles. The lowest BCUT2D eigenvalue weighted by Gasteiger charge is -2.20. The van der Waals surface area contributed by atoms with Gasteiger partial charge in [-0.25, -0.2) is 8.42 Å². The Morgan fingerprint density at radius 2 is 1.62 bits per heavy atom. The van der Waals surface area contributed by atoms with Crippen LogP contribution in [0.15, 0.2) is 30.3 Å². The Morgan fingerprint density at radius 3 is 2.08 bits per heavy atom. The first kappa shape index (κ1) is 20.2. The lowest BCUT2D eigenvalue weighted by molar-refractivity contribution is -0.126. The number of rotatable bonds is 10. The van der Waals surface area contributed by atoms with Gasteiger partial charge in [-0.15, -0.1) is 0 Å². The largest absolute Gasteiger partial charge is 0.339 e. The van der Waals surface area contributed by atoms with E-state index in [2.05, 4.69) is 18.6 Å². The van der Waals surface area contributed by atoms with E-state index in [9.17, 15) is 13.2 Å². The molecule has 134 valence electrons. The summed E-state index contributed by atoms with van der Waals surface area (Å²) in [6, 6.07) is 6.91. The molecule has 0 saturated carbocycles. The van der Waals surface area contributed by atoms with Gasteiger partial charge in [0.1, 0.15) is 0 Å². The van der Waals surface area contributed by atoms with Crippen molar-refractivity contribution in [3.63, 3.8) is 0 Å². The number of nitrogens with one attached hydrogen (secondary N) is 1. The van der Waals surface area contributed by atoms with Crippen molar-refractivity contribution in [2.75, 3.05) is 24.1 Å². The number of hydrogen-bond donors (Lipinski definition) is 1. The average Bonchev–Trinajstić information content (AvgIpc) is 2.52. The van der Waals surface area contributed by atoms with Gasteiger partial charge >= 0.3 is 0 Å². The van der Waals surface area contributed by atoms with E-state index in [0.717, 1.165) is 50.6 Å². The molecule has 1 aromatic rings. The second-order valence-corrected chi connectivity index (χ2v) is 7.61. The lowest BCUT2D eigenvalue weighted by atomic mass is 10.2. The highest BCUT2D eigenvalue weighted by Gasteiger charge is 2.09. The second-order valence-electron chi connectivity index (χ2n) is 5.86. The van der Waals surface area contributed by atoms with Crippen LogP contribution in [-0.2, 0) is 14.8 Å². The Labute approximate surface area is 145 Å². The molecule has 1 N–H and O–H groups in total. The molecule has 0 spiro atoms. The van der Waals surface area contributed by atoms with Crippen molar-refractivity contribution < 1.29 is 13.2 Å². The number of anilines is 1. The highest BCUT2D eigenvalue weighted by molar-refractivity contribution is 7.92. The van der Waals surface area contributed by atoms with Crippen LogP contribution in [0.1, 0.15) is 45.1 Å². The normalized spacial score (nSPS) is 11.6. The molecule has 1 aromatic carbocycles. The standard InChI is InChI=1S/C18H28N2O3S/c1-4-6-14-20(15-7-5-2)18(21)13-10-16-8-11-17(12-9-16)19-24(3,22)23/h8-13,19H,4-7,14-15H2,1-3H3/b13-10+. The van der Waals surface area contributed by atoms with Crippen molar-refractivity contribution in [3.05, 3.63) is 35.9 Å². The minimum absolute atomic E-state index is 0.0234. The molecule has 1 rings (SSSR count). The monoisotopic (exact) mass is 352 g/mol. The summed E-state index contributed by atoms with van der Waals surface area (Å²) in [4.78, 5) is 14.2. The summed E-state index contributed by atoms with van der Waals surface area (Å²) in [5, 5.41) is 0. The minimum Gasteiger partial charge on any atom is -0.339 e. The summed E-state index contributed by atoms with van der Waals surface area (Å²) in [6.45, 7) is 5.81. The maximum absolute atomic E-state index is 12.3. The fourth-order valence-electron chi connectivity index (χ4n) is 2.18. The Bertz CT molecular complexity index is 629. The number of carbonyl (C=O) groups is 1. The van der Waals surface area contributed by atoms with E-state index in [1.54, 1.807) is 36.4 Å². The van der Waals surface area contributed by atoms with Crippen molar-refractivity contribution in [3.8, 4) is 0 Å². The van der Waals surface area contributed by atoms with Gasteiger partial charge in [-0.1, -0.05) is 38.8 Å². The van der Waals surface area contributed by atoms with Crippen molar-refractivity contribution in [2.45, 2.75) is 39.5 Å². The third kappa shape index (κ3) is 8.15. The number of unbranched alkanes of at least 4 members (excludes halogenated alkanes) is 2. The molecule has 0 bridgehead atoms. The fraction of sp³-hybridized carbons (Fsp3) is 0.500. The van der Waals surface area contributed by atoms with Crippen LogP contribution in [0.5, 0.6) is 0 Å². The molecule has 6 heteroatoms. The number of carbonyl (C=O) groups excluding carboxylic acids is 1. The van der Waals surface area contributed by atoms with Gasteiger partial charge in [-0.05, 0) is 36.6 Å². The lowest BCUT2D eigenvalue weighted by Crippen LogP contribution is -2.31. The molecule has 0 fully saturated rings. The Morgan fingerprint density at radius 1 is 1.08 bits per heavy atom. The van der Waals surface area contributed by atoms with Gasteiger partial charge in [-0.2, -0.15) is 0 Å². The highest BCUT2D eigenvalue weighted by Crippen LogP contribution is 2.12. The zero-order valence-corrected chi connectivity index (χ0v) is 15.6. The van der Waals surface area contributed by atoms with Crippen molar-refractivity contribution in [1.82, 2.24) is 4.90 Å². The SMILES string of the molecule is CCCCN(CCCC)C(=O)/C=C/c1ccc(NS(C)(=O)=O)cc1. The van der Waals surface area contributed by atoms with Crippen LogP contribution in [0.3, 0.4) is 0 Å². The zero-order chi connectivity index (χ0) is 18.0. The second kappa shape index (κ2) is 10.1. The molecular weight excluding hydrogens is 324 g/mol. The maximum Gasteiger partial charge on any atom is 0.246 e. The number of hydrogen-bond acceptors (Lipinski definition) is 3. The maximum atomic E-state index is 12.3. The molecule has 0 atom stereocenters. The van der Waals surface area contributed by atoms with Crippen LogP contribution < -0.4 is 4.72 Å². The molecule has 1 amide bonds. The van der Waals surface area contributed by atoms with E-state index < -0.39 is 10.0 Å². The first-order valence-corrected chi connectivity index (χ1v) is 10.3. The minimum atomic E-state index is -3.27. The summed E-state index contributed by atoms with van der Waals surface area (Å²) in [7, 11) is -3.27. The Hall–Kier alpha value is -1.82. The van der Waals surface area contributed by atoms with E-state index in [4.69, 9.17) is 0 Å². The average molecular weight is 353 g/mol. The topological polar surface area (TPSA) is 66.5 Å². The van der Waals surface area contributed by atoms with Gasteiger partial charge in [0.25, 0.3) is 0 Å². The molecule has 0 unspecified atom stereocenters. The van der Waals surface area contributed by atoms with Crippen LogP contribution in [0.4, 0.5) is 5.69 Å².